The number of phenols is 2. The summed E-state index contributed by atoms with van der Waals surface area (Å²) in [5.74, 6) is 0.992. The van der Waals surface area contributed by atoms with Gasteiger partial charge in [0.25, 0.3) is 0 Å². The molecule has 0 unspecified atom stereocenters. The van der Waals surface area contributed by atoms with Gasteiger partial charge in [0.2, 0.25) is 0 Å². The van der Waals surface area contributed by atoms with E-state index < -0.39 is 0 Å². The van der Waals surface area contributed by atoms with E-state index in [0.29, 0.717) is 5.75 Å². The molecular weight excluding hydrogens is 204 g/mol. The van der Waals surface area contributed by atoms with Crippen LogP contribution in [0.15, 0.2) is 42.5 Å². The van der Waals surface area contributed by atoms with Crippen LogP contribution in [-0.2, 0) is 0 Å². The number of rotatable bonds is 2. The first-order valence-corrected chi connectivity index (χ1v) is 4.87. The number of benzene rings is 2. The molecule has 0 aromatic heterocycles. The fourth-order valence-corrected chi connectivity index (χ4v) is 1.56. The van der Waals surface area contributed by atoms with Crippen molar-refractivity contribution in [2.75, 3.05) is 7.11 Å². The molecule has 3 heteroatoms. The summed E-state index contributed by atoms with van der Waals surface area (Å²) in [6.07, 6.45) is 0. The predicted octanol–water partition coefficient (Wildman–Crippen LogP) is 2.77. The number of hydrogen-bond donors (Lipinski definition) is 2. The van der Waals surface area contributed by atoms with E-state index >= 15 is 0 Å². The molecule has 0 saturated carbocycles. The molecule has 2 aromatic rings. The second-order valence-corrected chi connectivity index (χ2v) is 3.43. The quantitative estimate of drug-likeness (QED) is 0.811. The lowest BCUT2D eigenvalue weighted by Gasteiger charge is -2.09. The van der Waals surface area contributed by atoms with E-state index in [4.69, 9.17) is 4.74 Å². The van der Waals surface area contributed by atoms with Crippen LogP contribution in [0.4, 0.5) is 0 Å². The van der Waals surface area contributed by atoms with Crippen molar-refractivity contribution < 1.29 is 14.9 Å². The van der Waals surface area contributed by atoms with Crippen LogP contribution in [0.1, 0.15) is 0 Å². The summed E-state index contributed by atoms with van der Waals surface area (Å²) >= 11 is 0. The Kier molecular flexibility index (Phi) is 2.68. The molecule has 0 atom stereocenters. The molecule has 3 nitrogen and oxygen atoms in total. The van der Waals surface area contributed by atoms with Gasteiger partial charge in [-0.3, -0.25) is 0 Å². The van der Waals surface area contributed by atoms with Gasteiger partial charge < -0.3 is 14.9 Å². The molecule has 0 heterocycles. The van der Waals surface area contributed by atoms with E-state index in [1.165, 1.54) is 0 Å². The fourth-order valence-electron chi connectivity index (χ4n) is 1.56. The van der Waals surface area contributed by atoms with Gasteiger partial charge in [0.05, 0.1) is 7.11 Å². The highest BCUT2D eigenvalue weighted by molar-refractivity contribution is 5.71. The molecule has 0 aliphatic heterocycles. The maximum absolute atomic E-state index is 9.34. The van der Waals surface area contributed by atoms with Crippen LogP contribution in [0.2, 0.25) is 0 Å². The molecule has 2 rings (SSSR count). The highest BCUT2D eigenvalue weighted by atomic mass is 16.5. The molecule has 0 bridgehead atoms. The lowest BCUT2D eigenvalue weighted by Crippen LogP contribution is -1.87. The lowest BCUT2D eigenvalue weighted by atomic mass is 10.0. The van der Waals surface area contributed by atoms with Crippen LogP contribution in [0.25, 0.3) is 11.1 Å². The number of methoxy groups -OCH3 is 1. The van der Waals surface area contributed by atoms with Crippen molar-refractivity contribution in [3.63, 3.8) is 0 Å². The van der Waals surface area contributed by atoms with Gasteiger partial charge in [-0.1, -0.05) is 12.1 Å². The molecule has 0 saturated heterocycles. The maximum atomic E-state index is 9.34. The molecular formula is C13H12O3. The molecule has 16 heavy (non-hydrogen) atoms. The SMILES string of the molecule is COc1cc(O)ccc1-c1ccc(O)cc1. The Morgan fingerprint density at radius 3 is 2.12 bits per heavy atom. The molecule has 82 valence electrons. The zero-order chi connectivity index (χ0) is 11.5. The first kappa shape index (κ1) is 10.4. The summed E-state index contributed by atoms with van der Waals surface area (Å²) in [7, 11) is 1.55. The maximum Gasteiger partial charge on any atom is 0.130 e. The van der Waals surface area contributed by atoms with Gasteiger partial charge in [-0.15, -0.1) is 0 Å². The van der Waals surface area contributed by atoms with E-state index in [9.17, 15) is 10.2 Å². The van der Waals surface area contributed by atoms with Crippen molar-refractivity contribution in [2.45, 2.75) is 0 Å². The van der Waals surface area contributed by atoms with Crippen LogP contribution in [0.5, 0.6) is 17.2 Å². The molecule has 0 aliphatic carbocycles. The molecule has 0 aliphatic rings. The highest BCUT2D eigenvalue weighted by Crippen LogP contribution is 2.33. The van der Waals surface area contributed by atoms with Crippen LogP contribution < -0.4 is 4.74 Å². The first-order chi connectivity index (χ1) is 7.70. The third-order valence-electron chi connectivity index (χ3n) is 2.36. The van der Waals surface area contributed by atoms with Crippen LogP contribution >= 0.6 is 0 Å². The second-order valence-electron chi connectivity index (χ2n) is 3.43. The van der Waals surface area contributed by atoms with E-state index in [1.807, 2.05) is 0 Å². The van der Waals surface area contributed by atoms with Crippen LogP contribution in [0, 0.1) is 0 Å². The van der Waals surface area contributed by atoms with Gasteiger partial charge in [0, 0.05) is 11.6 Å². The summed E-state index contributed by atoms with van der Waals surface area (Å²) in [5.41, 5.74) is 1.80. The van der Waals surface area contributed by atoms with Crippen molar-refractivity contribution in [3.8, 4) is 28.4 Å². The zero-order valence-corrected chi connectivity index (χ0v) is 8.84. The van der Waals surface area contributed by atoms with Crippen LogP contribution in [-0.4, -0.2) is 17.3 Å². The van der Waals surface area contributed by atoms with Gasteiger partial charge in [-0.2, -0.15) is 0 Å². The molecule has 0 amide bonds. The van der Waals surface area contributed by atoms with Crippen molar-refractivity contribution >= 4 is 0 Å². The third-order valence-corrected chi connectivity index (χ3v) is 2.36. The Bertz CT molecular complexity index is 489. The average Bonchev–Trinajstić information content (AvgIpc) is 2.30. The van der Waals surface area contributed by atoms with Gasteiger partial charge in [0.15, 0.2) is 0 Å². The van der Waals surface area contributed by atoms with Gasteiger partial charge in [-0.05, 0) is 29.8 Å². The first-order valence-electron chi connectivity index (χ1n) is 4.87. The lowest BCUT2D eigenvalue weighted by molar-refractivity contribution is 0.409. The summed E-state index contributed by atoms with van der Waals surface area (Å²) in [6.45, 7) is 0. The monoisotopic (exact) mass is 216 g/mol. The number of hydrogen-bond acceptors (Lipinski definition) is 3. The molecule has 0 fully saturated rings. The van der Waals surface area contributed by atoms with E-state index in [2.05, 4.69) is 0 Å². The predicted molar refractivity (Wildman–Crippen MR) is 61.8 cm³/mol. The molecule has 2 N–H and O–H groups in total. The standard InChI is InChI=1S/C13H12O3/c1-16-13-8-11(15)6-7-12(13)9-2-4-10(14)5-3-9/h2-8,14-15H,1H3. The van der Waals surface area contributed by atoms with Crippen molar-refractivity contribution in [1.29, 1.82) is 0 Å². The normalized spacial score (nSPS) is 10.1. The summed E-state index contributed by atoms with van der Waals surface area (Å²) < 4.78 is 5.19. The zero-order valence-electron chi connectivity index (χ0n) is 8.84. The summed E-state index contributed by atoms with van der Waals surface area (Å²) in [6, 6.07) is 11.8. The van der Waals surface area contributed by atoms with Gasteiger partial charge >= 0.3 is 0 Å². The second kappa shape index (κ2) is 4.14. The minimum Gasteiger partial charge on any atom is -0.508 e. The Morgan fingerprint density at radius 2 is 1.50 bits per heavy atom. The smallest absolute Gasteiger partial charge is 0.130 e. The summed E-state index contributed by atoms with van der Waals surface area (Å²) in [4.78, 5) is 0. The largest absolute Gasteiger partial charge is 0.508 e. The fraction of sp³-hybridized carbons (Fsp3) is 0.0769. The summed E-state index contributed by atoms with van der Waals surface area (Å²) in [5, 5.41) is 18.5. The third kappa shape index (κ3) is 1.93. The van der Waals surface area contributed by atoms with Crippen molar-refractivity contribution in [1.82, 2.24) is 0 Å². The molecule has 2 aromatic carbocycles. The highest BCUT2D eigenvalue weighted by Gasteiger charge is 2.06. The van der Waals surface area contributed by atoms with Crippen molar-refractivity contribution in [2.24, 2.45) is 0 Å². The number of phenolic OH excluding ortho intramolecular Hbond substituents is 2. The minimum absolute atomic E-state index is 0.166. The Balaban J connectivity index is 2.51. The Hall–Kier alpha value is -2.16. The average molecular weight is 216 g/mol. The van der Waals surface area contributed by atoms with Gasteiger partial charge in [0.1, 0.15) is 17.2 Å². The van der Waals surface area contributed by atoms with Crippen molar-refractivity contribution in [3.05, 3.63) is 42.5 Å². The molecule has 0 radical (unpaired) electrons. The number of aromatic hydroxyl groups is 2. The number of ether oxygens (including phenoxy) is 1. The Morgan fingerprint density at radius 1 is 0.875 bits per heavy atom. The van der Waals surface area contributed by atoms with E-state index in [-0.39, 0.29) is 11.5 Å². The van der Waals surface area contributed by atoms with Crippen LogP contribution in [0.3, 0.4) is 0 Å². The van der Waals surface area contributed by atoms with Gasteiger partial charge in [-0.25, -0.2) is 0 Å². The molecule has 0 spiro atoms. The van der Waals surface area contributed by atoms with E-state index in [1.54, 1.807) is 49.6 Å². The van der Waals surface area contributed by atoms with E-state index in [0.717, 1.165) is 11.1 Å². The topological polar surface area (TPSA) is 49.7 Å². The minimum atomic E-state index is 0.166. The Labute approximate surface area is 93.6 Å².